The quantitative estimate of drug-likeness (QED) is 0.180. The van der Waals surface area contributed by atoms with Crippen LogP contribution in [-0.4, -0.2) is 71.9 Å². The van der Waals surface area contributed by atoms with Gasteiger partial charge in [-0.2, -0.15) is 0 Å². The number of phenolic OH excluding ortho intramolecular Hbond substituents is 4. The summed E-state index contributed by atoms with van der Waals surface area (Å²) in [6.45, 7) is 0.938. The summed E-state index contributed by atoms with van der Waals surface area (Å²) in [4.78, 5) is 13.5. The van der Waals surface area contributed by atoms with Crippen LogP contribution >= 0.6 is 0 Å². The van der Waals surface area contributed by atoms with E-state index in [1.807, 2.05) is 0 Å². The molecule has 1 aliphatic rings. The van der Waals surface area contributed by atoms with Crippen molar-refractivity contribution in [2.45, 2.75) is 43.4 Å². The largest absolute Gasteiger partial charge is 0.508 e. The Bertz CT molecular complexity index is 1590. The van der Waals surface area contributed by atoms with E-state index in [9.17, 15) is 45.6 Å². The third kappa shape index (κ3) is 4.53. The minimum Gasteiger partial charge on any atom is -0.508 e. The van der Waals surface area contributed by atoms with Crippen LogP contribution in [-0.2, 0) is 4.74 Å². The van der Waals surface area contributed by atoms with E-state index in [4.69, 9.17) is 9.15 Å². The molecule has 2 heterocycles. The highest BCUT2D eigenvalue weighted by molar-refractivity contribution is 5.92. The second kappa shape index (κ2) is 10.5. The van der Waals surface area contributed by atoms with E-state index < -0.39 is 65.5 Å². The molecule has 1 aromatic heterocycles. The second-order valence-corrected chi connectivity index (χ2v) is 9.81. The van der Waals surface area contributed by atoms with Gasteiger partial charge in [0, 0.05) is 23.1 Å². The summed E-state index contributed by atoms with van der Waals surface area (Å²) in [5.74, 6) is -2.03. The smallest absolute Gasteiger partial charge is 0.197 e. The van der Waals surface area contributed by atoms with E-state index in [0.717, 1.165) is 6.07 Å². The molecule has 1 aliphatic heterocycles. The number of aliphatic hydroxyl groups excluding tert-OH is 4. The first kappa shape index (κ1) is 27.4. The highest BCUT2D eigenvalue weighted by Gasteiger charge is 2.47. The first-order chi connectivity index (χ1) is 19.0. The van der Waals surface area contributed by atoms with Crippen LogP contribution < -0.4 is 5.43 Å². The van der Waals surface area contributed by atoms with Crippen molar-refractivity contribution in [2.75, 3.05) is 6.61 Å². The fraction of sp³-hybridized carbons (Fsp3) is 0.276. The van der Waals surface area contributed by atoms with Crippen molar-refractivity contribution in [2.24, 2.45) is 0 Å². The SMILES string of the molecule is C[C@H](c1ccc(O)cc1)c1c(O)c([C@@H]2O[C@@H](CO)[C@@H](O)[C@H](O)[C@@H]2O)c(O)c2c(=O)cc(-c3ccc(O)cc3)oc12. The van der Waals surface area contributed by atoms with Gasteiger partial charge in [0.15, 0.2) is 5.43 Å². The first-order valence-electron chi connectivity index (χ1n) is 12.5. The molecule has 1 fully saturated rings. The Labute approximate surface area is 227 Å². The fourth-order valence-corrected chi connectivity index (χ4v) is 5.12. The van der Waals surface area contributed by atoms with E-state index in [1.165, 1.54) is 36.4 Å². The van der Waals surface area contributed by atoms with Crippen LogP contribution in [0, 0.1) is 0 Å². The average Bonchev–Trinajstić information content (AvgIpc) is 2.93. The minimum absolute atomic E-state index is 0.00103. The van der Waals surface area contributed by atoms with Crippen molar-refractivity contribution >= 4 is 11.0 Å². The standard InChI is InChI=1S/C29H28O11/c1-12(13-2-6-15(31)7-3-13)20-24(35)22(29-27(38)26(37)23(34)19(11-30)40-29)25(36)21-17(33)10-18(39-28(20)21)14-4-8-16(32)9-5-14/h2-10,12,19,23,26-27,29-32,34-38H,11H2,1H3/t12-,19+,23-,26+,27+,29+/m1/s1. The molecule has 0 radical (unpaired) electrons. The molecule has 0 saturated carbocycles. The number of hydrogen-bond donors (Lipinski definition) is 8. The lowest BCUT2D eigenvalue weighted by atomic mass is 9.84. The van der Waals surface area contributed by atoms with Crippen molar-refractivity contribution < 1.29 is 50.0 Å². The zero-order valence-corrected chi connectivity index (χ0v) is 21.2. The Morgan fingerprint density at radius 2 is 1.43 bits per heavy atom. The van der Waals surface area contributed by atoms with Crippen molar-refractivity contribution in [1.29, 1.82) is 0 Å². The molecular weight excluding hydrogens is 524 g/mol. The molecule has 210 valence electrons. The van der Waals surface area contributed by atoms with Gasteiger partial charge in [-0.1, -0.05) is 19.1 Å². The van der Waals surface area contributed by atoms with Gasteiger partial charge in [-0.3, -0.25) is 4.79 Å². The Morgan fingerprint density at radius 3 is 2.02 bits per heavy atom. The molecule has 3 aromatic carbocycles. The summed E-state index contributed by atoms with van der Waals surface area (Å²) in [5.41, 5.74) is -0.265. The summed E-state index contributed by atoms with van der Waals surface area (Å²) < 4.78 is 11.7. The lowest BCUT2D eigenvalue weighted by molar-refractivity contribution is -0.232. The van der Waals surface area contributed by atoms with Gasteiger partial charge in [0.2, 0.25) is 0 Å². The lowest BCUT2D eigenvalue weighted by Gasteiger charge is -2.40. The Balaban J connectivity index is 1.81. The summed E-state index contributed by atoms with van der Waals surface area (Å²) in [6.07, 6.45) is -8.34. The normalized spacial score (nSPS) is 23.8. The van der Waals surface area contributed by atoms with Crippen LogP contribution in [0.3, 0.4) is 0 Å². The number of aliphatic hydroxyl groups is 4. The van der Waals surface area contributed by atoms with E-state index in [0.29, 0.717) is 11.1 Å². The predicted octanol–water partition coefficient (Wildman–Crippen LogP) is 1.95. The lowest BCUT2D eigenvalue weighted by Crippen LogP contribution is -2.55. The van der Waals surface area contributed by atoms with Crippen molar-refractivity contribution in [1.82, 2.24) is 0 Å². The van der Waals surface area contributed by atoms with Crippen LogP contribution in [0.2, 0.25) is 0 Å². The maximum Gasteiger partial charge on any atom is 0.197 e. The molecule has 0 amide bonds. The average molecular weight is 553 g/mol. The number of rotatable bonds is 5. The van der Waals surface area contributed by atoms with Crippen LogP contribution in [0.1, 0.15) is 35.6 Å². The van der Waals surface area contributed by atoms with Gasteiger partial charge in [-0.05, 0) is 42.0 Å². The van der Waals surface area contributed by atoms with Gasteiger partial charge >= 0.3 is 0 Å². The number of aromatic hydroxyl groups is 4. The molecule has 0 spiro atoms. The second-order valence-electron chi connectivity index (χ2n) is 9.81. The molecule has 1 saturated heterocycles. The molecule has 40 heavy (non-hydrogen) atoms. The van der Waals surface area contributed by atoms with Crippen LogP contribution in [0.4, 0.5) is 0 Å². The molecule has 0 aliphatic carbocycles. The number of fused-ring (bicyclic) bond motifs is 1. The summed E-state index contributed by atoms with van der Waals surface area (Å²) >= 11 is 0. The minimum atomic E-state index is -1.85. The maximum absolute atomic E-state index is 13.5. The van der Waals surface area contributed by atoms with Gasteiger partial charge in [0.05, 0.1) is 12.2 Å². The Kier molecular flexibility index (Phi) is 7.17. The number of ether oxygens (including phenoxy) is 1. The highest BCUT2D eigenvalue weighted by atomic mass is 16.5. The summed E-state index contributed by atoms with van der Waals surface area (Å²) in [6, 6.07) is 13.0. The number of benzene rings is 3. The van der Waals surface area contributed by atoms with E-state index in [-0.39, 0.29) is 33.8 Å². The van der Waals surface area contributed by atoms with Crippen LogP contribution in [0.15, 0.2) is 63.8 Å². The number of phenols is 4. The van der Waals surface area contributed by atoms with E-state index >= 15 is 0 Å². The molecule has 6 atom stereocenters. The fourth-order valence-electron chi connectivity index (χ4n) is 5.12. The van der Waals surface area contributed by atoms with E-state index in [2.05, 4.69) is 0 Å². The number of hydrogen-bond acceptors (Lipinski definition) is 11. The van der Waals surface area contributed by atoms with Crippen molar-refractivity contribution in [3.8, 4) is 34.3 Å². The van der Waals surface area contributed by atoms with Gasteiger partial charge < -0.3 is 50.0 Å². The topological polar surface area (TPSA) is 201 Å². The van der Waals surface area contributed by atoms with Gasteiger partial charge in [0.25, 0.3) is 0 Å². The van der Waals surface area contributed by atoms with Gasteiger partial charge in [0.1, 0.15) is 70.2 Å². The van der Waals surface area contributed by atoms with E-state index in [1.54, 1.807) is 19.1 Å². The zero-order valence-electron chi connectivity index (χ0n) is 21.2. The van der Waals surface area contributed by atoms with Crippen molar-refractivity contribution in [3.05, 3.63) is 81.5 Å². The van der Waals surface area contributed by atoms with Crippen LogP contribution in [0.5, 0.6) is 23.0 Å². The molecule has 8 N–H and O–H groups in total. The molecule has 11 nitrogen and oxygen atoms in total. The molecule has 0 unspecified atom stereocenters. The molecule has 5 rings (SSSR count). The van der Waals surface area contributed by atoms with Crippen LogP contribution in [0.25, 0.3) is 22.3 Å². The highest BCUT2D eigenvalue weighted by Crippen LogP contribution is 2.50. The third-order valence-corrected chi connectivity index (χ3v) is 7.35. The first-order valence-corrected chi connectivity index (χ1v) is 12.5. The Hall–Kier alpha value is -4.13. The summed E-state index contributed by atoms with van der Waals surface area (Å²) in [5, 5.41) is 83.0. The van der Waals surface area contributed by atoms with Crippen molar-refractivity contribution in [3.63, 3.8) is 0 Å². The van der Waals surface area contributed by atoms with Gasteiger partial charge in [-0.25, -0.2) is 0 Å². The monoisotopic (exact) mass is 552 g/mol. The molecular formula is C29H28O11. The third-order valence-electron chi connectivity index (χ3n) is 7.35. The molecule has 4 aromatic rings. The Morgan fingerprint density at radius 1 is 0.825 bits per heavy atom. The molecule has 11 heteroatoms. The maximum atomic E-state index is 13.5. The predicted molar refractivity (Wildman–Crippen MR) is 141 cm³/mol. The zero-order chi connectivity index (χ0) is 28.9. The summed E-state index contributed by atoms with van der Waals surface area (Å²) in [7, 11) is 0. The van der Waals surface area contributed by atoms with Gasteiger partial charge in [-0.15, -0.1) is 0 Å². The molecule has 0 bridgehead atoms.